The van der Waals surface area contributed by atoms with Gasteiger partial charge in [-0.1, -0.05) is 40.5 Å². The second kappa shape index (κ2) is 37.0. The Bertz CT molecular complexity index is 2200. The van der Waals surface area contributed by atoms with Crippen LogP contribution in [0.2, 0.25) is 0 Å². The molecule has 33 nitrogen and oxygen atoms in total. The Kier molecular flexibility index (Phi) is 33.3. The number of nitrogens with one attached hydrogen (secondary N) is 9. The van der Waals surface area contributed by atoms with Crippen LogP contribution >= 0.6 is 12.6 Å². The van der Waals surface area contributed by atoms with Crippen molar-refractivity contribution >= 4 is 102 Å². The molecule has 0 fully saturated rings. The molecule has 0 aliphatic heterocycles. The topological polar surface area (TPSA) is 571 Å². The molecule has 0 bridgehead atoms. The van der Waals surface area contributed by atoms with E-state index in [1.807, 2.05) is 5.32 Å². The van der Waals surface area contributed by atoms with Crippen LogP contribution in [0.25, 0.3) is 0 Å². The standard InChI is InChI=1S/C45H77N15O18S/c1-5-21(4)35(59-30(62)18-52-37(70)28(19-79)58-41(74)25(15-31(63)64)55-36(69)22(47)9-6-7-13-46)43(76)54-24(11-12-29(48)61)39(72)60-34(20(2)3)42(75)56-26(16-32(65)66)40(73)53-23(10-8-14-51-45(49)50)38(71)57-27(44(77)78)17-33(67)68/h20-28,34-35,79H,5-19,46-47H2,1-4H3,(H2,48,61)(H,52,70)(H,53,73)(H,54,76)(H,55,69)(H,56,75)(H,57,71)(H,58,74)(H,59,62)(H,60,72)(H,63,64)(H,65,66)(H,67,68)(H,77,78)(H4,49,50,51)/t21-,22-,23-,24-,25-,26-,27-,28-,34-,35-/m0/s1. The van der Waals surface area contributed by atoms with Gasteiger partial charge in [0.2, 0.25) is 59.1 Å². The molecule has 446 valence electrons. The molecule has 34 heteroatoms. The van der Waals surface area contributed by atoms with E-state index in [1.54, 1.807) is 13.8 Å². The third-order valence-electron chi connectivity index (χ3n) is 11.5. The van der Waals surface area contributed by atoms with Crippen molar-refractivity contribution in [1.29, 1.82) is 0 Å². The molecule has 0 saturated heterocycles. The van der Waals surface area contributed by atoms with E-state index in [0.29, 0.717) is 19.4 Å². The smallest absolute Gasteiger partial charge is 0.326 e. The van der Waals surface area contributed by atoms with Crippen molar-refractivity contribution in [2.75, 3.05) is 25.4 Å². The number of guanidine groups is 1. The van der Waals surface area contributed by atoms with Crippen molar-refractivity contribution in [3.63, 3.8) is 0 Å². The van der Waals surface area contributed by atoms with Crippen LogP contribution in [0.1, 0.15) is 98.3 Å². The summed E-state index contributed by atoms with van der Waals surface area (Å²) in [6, 6.07) is -14.6. The third-order valence-corrected chi connectivity index (χ3v) is 11.9. The number of carbonyl (C=O) groups is 14. The first-order chi connectivity index (χ1) is 36.9. The van der Waals surface area contributed by atoms with Gasteiger partial charge in [-0.3, -0.25) is 67.3 Å². The summed E-state index contributed by atoms with van der Waals surface area (Å²) in [5, 5.41) is 58.1. The molecule has 10 atom stereocenters. The average molecular weight is 1150 g/mol. The molecule has 23 N–H and O–H groups in total. The van der Waals surface area contributed by atoms with Crippen molar-refractivity contribution in [3.8, 4) is 0 Å². The molecule has 0 heterocycles. The zero-order chi connectivity index (χ0) is 60.7. The third kappa shape index (κ3) is 28.9. The fourth-order valence-corrected chi connectivity index (χ4v) is 7.19. The van der Waals surface area contributed by atoms with E-state index >= 15 is 0 Å². The van der Waals surface area contributed by atoms with E-state index in [4.69, 9.17) is 33.8 Å². The number of aliphatic carboxylic acids is 4. The predicted molar refractivity (Wildman–Crippen MR) is 280 cm³/mol. The normalized spacial score (nSPS) is 14.7. The van der Waals surface area contributed by atoms with Gasteiger partial charge in [-0.05, 0) is 50.5 Å². The second-order valence-corrected chi connectivity index (χ2v) is 18.8. The number of carboxylic acid groups (broad SMARTS) is 4. The number of hydrogen-bond donors (Lipinski definition) is 19. The summed E-state index contributed by atoms with van der Waals surface area (Å²) < 4.78 is 0. The highest BCUT2D eigenvalue weighted by molar-refractivity contribution is 7.80. The van der Waals surface area contributed by atoms with Gasteiger partial charge in [-0.2, -0.15) is 12.6 Å². The number of nitrogens with two attached hydrogens (primary N) is 5. The van der Waals surface area contributed by atoms with Gasteiger partial charge < -0.3 is 96.9 Å². The molecule has 0 rings (SSSR count). The first-order valence-corrected chi connectivity index (χ1v) is 25.5. The van der Waals surface area contributed by atoms with Crippen LogP contribution in [0, 0.1) is 11.8 Å². The first kappa shape index (κ1) is 71.1. The summed E-state index contributed by atoms with van der Waals surface area (Å²) in [7, 11) is 0. The molecule has 0 saturated carbocycles. The minimum atomic E-state index is -1.99. The Hall–Kier alpha value is -7.88. The van der Waals surface area contributed by atoms with Gasteiger partial charge >= 0.3 is 23.9 Å². The van der Waals surface area contributed by atoms with E-state index in [9.17, 15) is 82.4 Å². The molecular weight excluding hydrogens is 1070 g/mol. The lowest BCUT2D eigenvalue weighted by atomic mass is 9.97. The van der Waals surface area contributed by atoms with Gasteiger partial charge in [-0.25, -0.2) is 4.79 Å². The summed E-state index contributed by atoms with van der Waals surface area (Å²) in [6.45, 7) is 5.48. The number of carboxylic acids is 4. The monoisotopic (exact) mass is 1150 g/mol. The molecule has 0 aliphatic rings. The lowest BCUT2D eigenvalue weighted by Gasteiger charge is -2.29. The van der Waals surface area contributed by atoms with Gasteiger partial charge in [-0.15, -0.1) is 0 Å². The highest BCUT2D eigenvalue weighted by Crippen LogP contribution is 2.12. The number of rotatable bonds is 40. The number of carbonyl (C=O) groups excluding carboxylic acids is 10. The maximum Gasteiger partial charge on any atom is 0.326 e. The van der Waals surface area contributed by atoms with Gasteiger partial charge in [0.05, 0.1) is 31.8 Å². The van der Waals surface area contributed by atoms with Gasteiger partial charge in [0, 0.05) is 18.7 Å². The molecule has 0 aromatic rings. The van der Waals surface area contributed by atoms with Gasteiger partial charge in [0.25, 0.3) is 0 Å². The number of thiol groups is 1. The zero-order valence-corrected chi connectivity index (χ0v) is 45.1. The fraction of sp³-hybridized carbons (Fsp3) is 0.667. The SMILES string of the molecule is CC[C@H](C)[C@H](NC(=O)CNC(=O)[C@H](CS)NC(=O)[C@H](CC(=O)O)NC(=O)[C@@H](N)CCCCN)C(=O)N[C@@H](CCC(N)=O)C(=O)N[C@H](C(=O)N[C@@H](CC(=O)O)C(=O)N[C@@H](CCCN=C(N)N)C(=O)N[C@@H](CC(=O)O)C(=O)O)C(C)C. The zero-order valence-electron chi connectivity index (χ0n) is 44.2. The Labute approximate surface area is 459 Å². The van der Waals surface area contributed by atoms with Gasteiger partial charge in [0.15, 0.2) is 5.96 Å². The van der Waals surface area contributed by atoms with Crippen LogP contribution in [-0.2, 0) is 67.1 Å². The molecule has 79 heavy (non-hydrogen) atoms. The minimum Gasteiger partial charge on any atom is -0.481 e. The van der Waals surface area contributed by atoms with Crippen molar-refractivity contribution in [2.24, 2.45) is 45.5 Å². The summed E-state index contributed by atoms with van der Waals surface area (Å²) in [5.74, 6) is -19.3. The van der Waals surface area contributed by atoms with Crippen LogP contribution in [0.15, 0.2) is 4.99 Å². The molecule has 0 aromatic carbocycles. The Balaban J connectivity index is 6.41. The van der Waals surface area contributed by atoms with Gasteiger partial charge in [0.1, 0.15) is 48.3 Å². The molecular formula is C45H77N15O18S. The average Bonchev–Trinajstić information content (AvgIpc) is 3.35. The summed E-state index contributed by atoms with van der Waals surface area (Å²) in [5.41, 5.74) is 27.3. The highest BCUT2D eigenvalue weighted by Gasteiger charge is 2.37. The summed E-state index contributed by atoms with van der Waals surface area (Å²) in [4.78, 5) is 183. The van der Waals surface area contributed by atoms with Crippen molar-refractivity contribution in [1.82, 2.24) is 47.9 Å². The van der Waals surface area contributed by atoms with Crippen LogP contribution in [0.3, 0.4) is 0 Å². The van der Waals surface area contributed by atoms with Crippen molar-refractivity contribution in [2.45, 2.75) is 153 Å². The second-order valence-electron chi connectivity index (χ2n) is 18.4. The lowest BCUT2D eigenvalue weighted by molar-refractivity contribution is -0.147. The van der Waals surface area contributed by atoms with Crippen LogP contribution in [0.5, 0.6) is 0 Å². The van der Waals surface area contributed by atoms with E-state index in [2.05, 4.69) is 60.2 Å². The molecule has 0 aromatic heterocycles. The van der Waals surface area contributed by atoms with E-state index < -0.39 is 188 Å². The molecule has 0 radical (unpaired) electrons. The Morgan fingerprint density at radius 1 is 0.519 bits per heavy atom. The van der Waals surface area contributed by atoms with E-state index in [0.717, 1.165) is 0 Å². The molecule has 0 spiro atoms. The summed E-state index contributed by atoms with van der Waals surface area (Å²) in [6.07, 6.45) is -2.96. The lowest BCUT2D eigenvalue weighted by Crippen LogP contribution is -2.61. The Morgan fingerprint density at radius 3 is 1.46 bits per heavy atom. The molecule has 10 amide bonds. The first-order valence-electron chi connectivity index (χ1n) is 24.9. The quantitative estimate of drug-likeness (QED) is 0.0117. The maximum absolute atomic E-state index is 13.9. The number of aliphatic imine (C=N–C) groups is 1. The van der Waals surface area contributed by atoms with E-state index in [1.165, 1.54) is 13.8 Å². The molecule has 0 aliphatic carbocycles. The largest absolute Gasteiger partial charge is 0.481 e. The summed E-state index contributed by atoms with van der Waals surface area (Å²) >= 11 is 4.06. The fourth-order valence-electron chi connectivity index (χ4n) is 6.93. The number of amides is 10. The van der Waals surface area contributed by atoms with Crippen LogP contribution < -0.4 is 76.5 Å². The number of primary amides is 1. The van der Waals surface area contributed by atoms with Crippen molar-refractivity contribution in [3.05, 3.63) is 0 Å². The van der Waals surface area contributed by atoms with Crippen LogP contribution in [0.4, 0.5) is 0 Å². The number of unbranched alkanes of at least 4 members (excludes halogenated alkanes) is 1. The maximum atomic E-state index is 13.9. The minimum absolute atomic E-state index is 0.0428. The van der Waals surface area contributed by atoms with Crippen LogP contribution in [-0.4, -0.2) is 189 Å². The number of hydrogen-bond acceptors (Lipinski definition) is 18. The number of nitrogens with zero attached hydrogens (tertiary/aromatic N) is 1. The van der Waals surface area contributed by atoms with Crippen molar-refractivity contribution < 1.29 is 87.5 Å². The molecule has 0 unspecified atom stereocenters. The Morgan fingerprint density at radius 2 is 0.975 bits per heavy atom. The predicted octanol–water partition coefficient (Wildman–Crippen LogP) is -7.10. The van der Waals surface area contributed by atoms with E-state index in [-0.39, 0.29) is 43.9 Å². The highest BCUT2D eigenvalue weighted by atomic mass is 32.1.